The van der Waals surface area contributed by atoms with Crippen molar-refractivity contribution in [1.82, 2.24) is 20.3 Å². The van der Waals surface area contributed by atoms with Gasteiger partial charge in [0.15, 0.2) is 5.65 Å². The number of nitrogens with one attached hydrogen (secondary N) is 1. The Kier molecular flexibility index (Phi) is 8.26. The largest absolute Gasteiger partial charge is 0.496 e. The number of morpholine rings is 2. The van der Waals surface area contributed by atoms with E-state index < -0.39 is 0 Å². The first-order valence-corrected chi connectivity index (χ1v) is 13.7. The maximum atomic E-state index is 5.96. The van der Waals surface area contributed by atoms with Crippen LogP contribution in [0.4, 0.5) is 11.8 Å². The molecule has 0 saturated carbocycles. The highest BCUT2D eigenvalue weighted by Gasteiger charge is 2.26. The molecule has 2 aliphatic heterocycles. The molecule has 2 saturated heterocycles. The number of aromatic nitrogens is 3. The van der Waals surface area contributed by atoms with Gasteiger partial charge in [-0.15, -0.1) is 0 Å². The number of anilines is 2. The van der Waals surface area contributed by atoms with Gasteiger partial charge in [-0.05, 0) is 56.6 Å². The average Bonchev–Trinajstić information content (AvgIpc) is 2.92. The Hall–Kier alpha value is -3.01. The fourth-order valence-corrected chi connectivity index (χ4v) is 5.21. The van der Waals surface area contributed by atoms with Gasteiger partial charge in [0.05, 0.1) is 43.6 Å². The van der Waals surface area contributed by atoms with Crippen LogP contribution < -0.4 is 19.9 Å². The molecule has 4 heterocycles. The molecule has 9 nitrogen and oxygen atoms in total. The maximum absolute atomic E-state index is 5.96. The van der Waals surface area contributed by atoms with Crippen molar-refractivity contribution in [3.63, 3.8) is 0 Å². The molecule has 0 radical (unpaired) electrons. The minimum Gasteiger partial charge on any atom is -0.496 e. The van der Waals surface area contributed by atoms with Gasteiger partial charge in [0.1, 0.15) is 11.6 Å². The molecule has 38 heavy (non-hydrogen) atoms. The molecule has 1 N–H and O–H groups in total. The molecule has 9 heteroatoms. The molecule has 0 spiro atoms. The maximum Gasteiger partial charge on any atom is 0.229 e. The molecule has 1 aromatic carbocycles. The predicted molar refractivity (Wildman–Crippen MR) is 151 cm³/mol. The van der Waals surface area contributed by atoms with Gasteiger partial charge in [-0.25, -0.2) is 4.98 Å². The van der Waals surface area contributed by atoms with Gasteiger partial charge in [-0.3, -0.25) is 0 Å². The highest BCUT2D eigenvalue weighted by molar-refractivity contribution is 5.90. The molecule has 2 atom stereocenters. The quantitative estimate of drug-likeness (QED) is 0.475. The van der Waals surface area contributed by atoms with Gasteiger partial charge >= 0.3 is 0 Å². The van der Waals surface area contributed by atoms with Crippen LogP contribution in [0.1, 0.15) is 33.3 Å². The second-order valence-corrected chi connectivity index (χ2v) is 10.7. The van der Waals surface area contributed by atoms with Gasteiger partial charge < -0.3 is 29.3 Å². The molecule has 2 fully saturated rings. The molecule has 0 aliphatic carbocycles. The van der Waals surface area contributed by atoms with Crippen LogP contribution in [-0.4, -0.2) is 80.2 Å². The van der Waals surface area contributed by atoms with Crippen LogP contribution in [0.5, 0.6) is 5.75 Å². The summed E-state index contributed by atoms with van der Waals surface area (Å²) in [6, 6.07) is 10.4. The fraction of sp³-hybridized carbons (Fsp3) is 0.552. The highest BCUT2D eigenvalue weighted by atomic mass is 16.5. The summed E-state index contributed by atoms with van der Waals surface area (Å²) in [6.07, 6.45) is 0.234. The van der Waals surface area contributed by atoms with Crippen LogP contribution in [0.25, 0.3) is 22.3 Å². The van der Waals surface area contributed by atoms with Crippen molar-refractivity contribution in [1.29, 1.82) is 0 Å². The minimum absolute atomic E-state index is 0.117. The predicted octanol–water partition coefficient (Wildman–Crippen LogP) is 3.90. The van der Waals surface area contributed by atoms with Crippen LogP contribution in [-0.2, 0) is 16.0 Å². The van der Waals surface area contributed by atoms with E-state index in [9.17, 15) is 0 Å². The van der Waals surface area contributed by atoms with Crippen LogP contribution in [0, 0.1) is 5.92 Å². The first-order valence-electron chi connectivity index (χ1n) is 13.7. The van der Waals surface area contributed by atoms with Crippen LogP contribution in [0.15, 0.2) is 30.3 Å². The Balaban J connectivity index is 1.54. The molecule has 2 aromatic heterocycles. The lowest BCUT2D eigenvalue weighted by Gasteiger charge is -2.36. The second-order valence-electron chi connectivity index (χ2n) is 10.7. The summed E-state index contributed by atoms with van der Waals surface area (Å²) < 4.78 is 17.2. The first kappa shape index (κ1) is 26.6. The van der Waals surface area contributed by atoms with Crippen molar-refractivity contribution >= 4 is 22.8 Å². The van der Waals surface area contributed by atoms with Gasteiger partial charge in [0, 0.05) is 43.9 Å². The highest BCUT2D eigenvalue weighted by Crippen LogP contribution is 2.31. The SMILES string of the molecule is COc1ccc(-c2ccc3c(N4CCOCC4)nc(N4CC(C)OC(C)C4)nc3n2)cc1CNCC(C)C. The van der Waals surface area contributed by atoms with Crippen LogP contribution >= 0.6 is 0 Å². The summed E-state index contributed by atoms with van der Waals surface area (Å²) >= 11 is 0. The van der Waals surface area contributed by atoms with Crippen LogP contribution in [0.3, 0.4) is 0 Å². The van der Waals surface area contributed by atoms with E-state index in [1.807, 2.05) is 6.07 Å². The minimum atomic E-state index is 0.117. The number of methoxy groups -OCH3 is 1. The summed E-state index contributed by atoms with van der Waals surface area (Å²) in [5.74, 6) is 3.09. The Morgan fingerprint density at radius 3 is 2.47 bits per heavy atom. The van der Waals surface area contributed by atoms with E-state index in [2.05, 4.69) is 67.1 Å². The molecule has 0 bridgehead atoms. The van der Waals surface area contributed by atoms with E-state index in [-0.39, 0.29) is 12.2 Å². The van der Waals surface area contributed by atoms with Gasteiger partial charge in [0.25, 0.3) is 0 Å². The first-order chi connectivity index (χ1) is 18.4. The molecule has 0 amide bonds. The molecular formula is C29H40N6O3. The summed E-state index contributed by atoms with van der Waals surface area (Å²) in [5.41, 5.74) is 3.74. The standard InChI is InChI=1S/C29H40N6O3/c1-19(2)15-30-16-23-14-22(6-9-26(23)36-5)25-8-7-24-27(31-25)32-29(35-17-20(3)38-21(4)18-35)33-28(24)34-10-12-37-13-11-34/h6-9,14,19-21,30H,10-13,15-18H2,1-5H3. The van der Waals surface area contributed by atoms with Crippen molar-refractivity contribution in [2.75, 3.05) is 62.8 Å². The monoisotopic (exact) mass is 520 g/mol. The molecule has 2 aliphatic rings. The zero-order chi connectivity index (χ0) is 26.6. The summed E-state index contributed by atoms with van der Waals surface area (Å²) in [5, 5.41) is 4.49. The third-order valence-corrected chi connectivity index (χ3v) is 6.99. The number of ether oxygens (including phenoxy) is 3. The Bertz CT molecular complexity index is 1240. The van der Waals surface area contributed by atoms with Gasteiger partial charge in [-0.2, -0.15) is 9.97 Å². The van der Waals surface area contributed by atoms with Gasteiger partial charge in [0.2, 0.25) is 5.95 Å². The van der Waals surface area contributed by atoms with Gasteiger partial charge in [-0.1, -0.05) is 13.8 Å². The van der Waals surface area contributed by atoms with E-state index in [0.29, 0.717) is 30.7 Å². The Labute approximate surface area is 225 Å². The van der Waals surface area contributed by atoms with E-state index in [0.717, 1.165) is 73.0 Å². The molecule has 5 rings (SSSR count). The normalized spacial score (nSPS) is 20.4. The topological polar surface area (TPSA) is 84.9 Å². The number of fused-ring (bicyclic) bond motifs is 1. The number of rotatable bonds is 8. The lowest BCUT2D eigenvalue weighted by molar-refractivity contribution is -0.00570. The Morgan fingerprint density at radius 1 is 1.00 bits per heavy atom. The third kappa shape index (κ3) is 6.00. The lowest BCUT2D eigenvalue weighted by Crippen LogP contribution is -2.46. The summed E-state index contributed by atoms with van der Waals surface area (Å²) in [6.45, 7) is 14.8. The second kappa shape index (κ2) is 11.8. The smallest absolute Gasteiger partial charge is 0.229 e. The van der Waals surface area contributed by atoms with Crippen LogP contribution in [0.2, 0.25) is 0 Å². The van der Waals surface area contributed by atoms with E-state index in [1.54, 1.807) is 7.11 Å². The summed E-state index contributed by atoms with van der Waals surface area (Å²) in [7, 11) is 1.72. The number of hydrogen-bond donors (Lipinski definition) is 1. The zero-order valence-corrected chi connectivity index (χ0v) is 23.2. The van der Waals surface area contributed by atoms with Crippen molar-refractivity contribution in [3.8, 4) is 17.0 Å². The number of nitrogens with zero attached hydrogens (tertiary/aromatic N) is 5. The van der Waals surface area contributed by atoms with Crippen molar-refractivity contribution < 1.29 is 14.2 Å². The average molecular weight is 521 g/mol. The number of pyridine rings is 1. The van der Waals surface area contributed by atoms with Crippen molar-refractivity contribution in [2.45, 2.75) is 46.4 Å². The lowest BCUT2D eigenvalue weighted by atomic mass is 10.1. The number of hydrogen-bond acceptors (Lipinski definition) is 9. The summed E-state index contributed by atoms with van der Waals surface area (Å²) in [4.78, 5) is 19.6. The van der Waals surface area contributed by atoms with Crippen molar-refractivity contribution in [3.05, 3.63) is 35.9 Å². The number of benzene rings is 1. The molecule has 3 aromatic rings. The van der Waals surface area contributed by atoms with E-state index in [4.69, 9.17) is 29.2 Å². The fourth-order valence-electron chi connectivity index (χ4n) is 5.21. The Morgan fingerprint density at radius 2 is 1.76 bits per heavy atom. The van der Waals surface area contributed by atoms with E-state index >= 15 is 0 Å². The molecule has 204 valence electrons. The zero-order valence-electron chi connectivity index (χ0n) is 23.2. The molecular weight excluding hydrogens is 480 g/mol. The third-order valence-electron chi connectivity index (χ3n) is 6.99. The molecule has 2 unspecified atom stereocenters. The van der Waals surface area contributed by atoms with Crippen molar-refractivity contribution in [2.24, 2.45) is 5.92 Å². The van der Waals surface area contributed by atoms with E-state index in [1.165, 1.54) is 0 Å².